The molecule has 2 N–H and O–H groups in total. The highest BCUT2D eigenvalue weighted by Crippen LogP contribution is 2.21. The van der Waals surface area contributed by atoms with Gasteiger partial charge < -0.3 is 10.4 Å². The van der Waals surface area contributed by atoms with Crippen LogP contribution in [0.2, 0.25) is 5.02 Å². The summed E-state index contributed by atoms with van der Waals surface area (Å²) in [6, 6.07) is 5.07. The highest BCUT2D eigenvalue weighted by Gasteiger charge is 2.02. The molecule has 5 heteroatoms. The molecule has 0 aliphatic carbocycles. The van der Waals surface area contributed by atoms with E-state index in [1.165, 1.54) is 0 Å². The molecule has 18 heavy (non-hydrogen) atoms. The number of hydrogen-bond donors (Lipinski definition) is 2. The molecule has 1 aromatic heterocycles. The fourth-order valence-corrected chi connectivity index (χ4v) is 2.60. The van der Waals surface area contributed by atoms with E-state index in [1.54, 1.807) is 29.5 Å². The van der Waals surface area contributed by atoms with Gasteiger partial charge in [0.15, 0.2) is 0 Å². The first-order chi connectivity index (χ1) is 8.65. The first-order valence-electron chi connectivity index (χ1n) is 5.74. The highest BCUT2D eigenvalue weighted by molar-refractivity contribution is 7.09. The number of thiazole rings is 1. The second-order valence-electron chi connectivity index (χ2n) is 4.08. The Morgan fingerprint density at radius 2 is 2.28 bits per heavy atom. The number of rotatable bonds is 5. The molecule has 0 atom stereocenters. The zero-order valence-corrected chi connectivity index (χ0v) is 11.7. The van der Waals surface area contributed by atoms with Crippen molar-refractivity contribution in [2.45, 2.75) is 19.9 Å². The third kappa shape index (κ3) is 3.70. The van der Waals surface area contributed by atoms with Crippen LogP contribution in [0.4, 0.5) is 0 Å². The average molecular weight is 283 g/mol. The van der Waals surface area contributed by atoms with Crippen LogP contribution in [0.15, 0.2) is 23.6 Å². The fraction of sp³-hybridized carbons (Fsp3) is 0.308. The predicted octanol–water partition coefficient (Wildman–Crippen LogP) is 3.14. The van der Waals surface area contributed by atoms with Gasteiger partial charge in [0.25, 0.3) is 0 Å². The summed E-state index contributed by atoms with van der Waals surface area (Å²) in [5, 5.41) is 16.7. The Morgan fingerprint density at radius 3 is 3.00 bits per heavy atom. The first kappa shape index (κ1) is 13.3. The van der Waals surface area contributed by atoms with Crippen molar-refractivity contribution in [2.75, 3.05) is 6.54 Å². The molecular formula is C13H15ClN2OS. The molecule has 0 radical (unpaired) electrons. The van der Waals surface area contributed by atoms with E-state index in [-0.39, 0.29) is 5.75 Å². The van der Waals surface area contributed by atoms with E-state index in [9.17, 15) is 5.11 Å². The van der Waals surface area contributed by atoms with Gasteiger partial charge in [-0.2, -0.15) is 0 Å². The molecule has 0 saturated heterocycles. The lowest BCUT2D eigenvalue weighted by atomic mass is 10.2. The molecule has 2 rings (SSSR count). The minimum absolute atomic E-state index is 0.275. The molecule has 0 unspecified atom stereocenters. The number of aryl methyl sites for hydroxylation is 1. The minimum atomic E-state index is 0.275. The molecular weight excluding hydrogens is 268 g/mol. The topological polar surface area (TPSA) is 45.1 Å². The van der Waals surface area contributed by atoms with Crippen molar-refractivity contribution in [2.24, 2.45) is 0 Å². The summed E-state index contributed by atoms with van der Waals surface area (Å²) in [5.74, 6) is 0.275. The van der Waals surface area contributed by atoms with Crippen LogP contribution in [0.5, 0.6) is 5.75 Å². The maximum atomic E-state index is 9.65. The van der Waals surface area contributed by atoms with Gasteiger partial charge in [0, 0.05) is 41.2 Å². The number of hydrogen-bond acceptors (Lipinski definition) is 4. The number of halogens is 1. The normalized spacial score (nSPS) is 10.8. The molecule has 0 fully saturated rings. The second kappa shape index (κ2) is 6.18. The number of aromatic nitrogens is 1. The maximum absolute atomic E-state index is 9.65. The van der Waals surface area contributed by atoms with Gasteiger partial charge in [-0.3, -0.25) is 0 Å². The Morgan fingerprint density at radius 1 is 1.44 bits per heavy atom. The minimum Gasteiger partial charge on any atom is -0.508 e. The molecule has 1 aromatic carbocycles. The van der Waals surface area contributed by atoms with Crippen molar-refractivity contribution in [1.82, 2.24) is 10.3 Å². The summed E-state index contributed by atoms with van der Waals surface area (Å²) >= 11 is 7.56. The highest BCUT2D eigenvalue weighted by atomic mass is 35.5. The summed E-state index contributed by atoms with van der Waals surface area (Å²) in [6.45, 7) is 3.44. The van der Waals surface area contributed by atoms with Crippen LogP contribution in [-0.4, -0.2) is 16.6 Å². The summed E-state index contributed by atoms with van der Waals surface area (Å²) < 4.78 is 0. The number of nitrogens with one attached hydrogen (secondary N) is 1. The summed E-state index contributed by atoms with van der Waals surface area (Å²) in [4.78, 5) is 4.39. The molecule has 0 bridgehead atoms. The Balaban J connectivity index is 1.80. The van der Waals surface area contributed by atoms with Crippen LogP contribution in [0.1, 0.15) is 16.3 Å². The second-order valence-corrected chi connectivity index (χ2v) is 5.46. The van der Waals surface area contributed by atoms with Gasteiger partial charge in [0.05, 0.1) is 5.01 Å². The molecule has 3 nitrogen and oxygen atoms in total. The Kier molecular flexibility index (Phi) is 4.58. The van der Waals surface area contributed by atoms with Crippen molar-refractivity contribution in [3.63, 3.8) is 0 Å². The molecule has 2 aromatic rings. The van der Waals surface area contributed by atoms with Crippen molar-refractivity contribution >= 4 is 22.9 Å². The van der Waals surface area contributed by atoms with Crippen LogP contribution in [0.25, 0.3) is 0 Å². The van der Waals surface area contributed by atoms with Crippen LogP contribution in [-0.2, 0) is 13.0 Å². The molecule has 0 aliphatic heterocycles. The lowest BCUT2D eigenvalue weighted by Crippen LogP contribution is -2.16. The van der Waals surface area contributed by atoms with Gasteiger partial charge >= 0.3 is 0 Å². The zero-order valence-electron chi connectivity index (χ0n) is 10.1. The van der Waals surface area contributed by atoms with E-state index in [0.717, 1.165) is 29.2 Å². The lowest BCUT2D eigenvalue weighted by molar-refractivity contribution is 0.464. The van der Waals surface area contributed by atoms with Crippen LogP contribution < -0.4 is 5.32 Å². The number of phenols is 1. The average Bonchev–Trinajstić information content (AvgIpc) is 2.75. The van der Waals surface area contributed by atoms with E-state index < -0.39 is 0 Å². The van der Waals surface area contributed by atoms with E-state index in [2.05, 4.69) is 15.7 Å². The zero-order chi connectivity index (χ0) is 13.0. The van der Waals surface area contributed by atoms with E-state index in [1.807, 2.05) is 6.92 Å². The first-order valence-corrected chi connectivity index (χ1v) is 7.00. The maximum Gasteiger partial charge on any atom is 0.120 e. The molecule has 0 saturated carbocycles. The molecule has 0 spiro atoms. The number of nitrogens with zero attached hydrogens (tertiary/aromatic N) is 1. The van der Waals surface area contributed by atoms with Crippen molar-refractivity contribution < 1.29 is 5.11 Å². The number of benzene rings is 1. The van der Waals surface area contributed by atoms with Crippen LogP contribution >= 0.6 is 22.9 Å². The fourth-order valence-electron chi connectivity index (χ4n) is 1.63. The summed E-state index contributed by atoms with van der Waals surface area (Å²) in [7, 11) is 0. The van der Waals surface area contributed by atoms with E-state index in [4.69, 9.17) is 11.6 Å². The lowest BCUT2D eigenvalue weighted by Gasteiger charge is -2.06. The van der Waals surface area contributed by atoms with Gasteiger partial charge in [0.1, 0.15) is 5.75 Å². The van der Waals surface area contributed by atoms with Crippen molar-refractivity contribution in [3.8, 4) is 5.75 Å². The molecule has 0 aliphatic rings. The van der Waals surface area contributed by atoms with Gasteiger partial charge in [-0.15, -0.1) is 11.3 Å². The Labute approximate surface area is 115 Å². The Bertz CT molecular complexity index is 527. The quantitative estimate of drug-likeness (QED) is 0.828. The van der Waals surface area contributed by atoms with Crippen LogP contribution in [0, 0.1) is 6.92 Å². The molecule has 0 amide bonds. The van der Waals surface area contributed by atoms with Gasteiger partial charge in [-0.1, -0.05) is 11.6 Å². The van der Waals surface area contributed by atoms with Crippen molar-refractivity contribution in [1.29, 1.82) is 0 Å². The van der Waals surface area contributed by atoms with E-state index in [0.29, 0.717) is 11.6 Å². The van der Waals surface area contributed by atoms with Gasteiger partial charge in [-0.05, 0) is 25.1 Å². The van der Waals surface area contributed by atoms with Gasteiger partial charge in [0.2, 0.25) is 0 Å². The SMILES string of the molecule is Cc1csc(CCNCc2cc(Cl)ccc2O)n1. The summed E-state index contributed by atoms with van der Waals surface area (Å²) in [5.41, 5.74) is 1.89. The Hall–Kier alpha value is -1.10. The van der Waals surface area contributed by atoms with Gasteiger partial charge in [-0.25, -0.2) is 4.98 Å². The third-order valence-electron chi connectivity index (χ3n) is 2.54. The number of phenolic OH excluding ortho intramolecular Hbond substituents is 1. The molecule has 96 valence electrons. The monoisotopic (exact) mass is 282 g/mol. The standard InChI is InChI=1S/C13H15ClN2OS/c1-9-8-18-13(16-9)4-5-15-7-10-6-11(14)2-3-12(10)17/h2-3,6,8,15,17H,4-5,7H2,1H3. The number of aromatic hydroxyl groups is 1. The molecule has 1 heterocycles. The van der Waals surface area contributed by atoms with E-state index >= 15 is 0 Å². The predicted molar refractivity (Wildman–Crippen MR) is 75.4 cm³/mol. The third-order valence-corrected chi connectivity index (χ3v) is 3.80. The summed E-state index contributed by atoms with van der Waals surface area (Å²) in [6.07, 6.45) is 0.903. The largest absolute Gasteiger partial charge is 0.508 e. The van der Waals surface area contributed by atoms with Crippen LogP contribution in [0.3, 0.4) is 0 Å². The van der Waals surface area contributed by atoms with Crippen molar-refractivity contribution in [3.05, 3.63) is 44.9 Å². The smallest absolute Gasteiger partial charge is 0.120 e.